The molecule has 1 fully saturated rings. The lowest BCUT2D eigenvalue weighted by Crippen LogP contribution is -2.35. The predicted octanol–water partition coefficient (Wildman–Crippen LogP) is 3.52. The van der Waals surface area contributed by atoms with Gasteiger partial charge in [0.05, 0.1) is 0 Å². The number of nitrogens with zero attached hydrogens (tertiary/aromatic N) is 1. The van der Waals surface area contributed by atoms with Gasteiger partial charge in [-0.1, -0.05) is 48.6 Å². The minimum absolute atomic E-state index is 0.131. The summed E-state index contributed by atoms with van der Waals surface area (Å²) in [5.41, 5.74) is 4.53. The molecule has 0 aliphatic heterocycles. The highest BCUT2D eigenvalue weighted by Crippen LogP contribution is 2.40. The molecule has 0 spiro atoms. The van der Waals surface area contributed by atoms with E-state index in [1.54, 1.807) is 0 Å². The van der Waals surface area contributed by atoms with Crippen molar-refractivity contribution in [1.82, 2.24) is 5.43 Å². The Morgan fingerprint density at radius 3 is 2.90 bits per heavy atom. The fourth-order valence-electron chi connectivity index (χ4n) is 3.27. The molecule has 0 radical (unpaired) electrons. The van der Waals surface area contributed by atoms with Crippen molar-refractivity contribution < 1.29 is 4.79 Å². The van der Waals surface area contributed by atoms with E-state index < -0.39 is 0 Å². The molecule has 0 aromatic heterocycles. The van der Waals surface area contributed by atoms with Crippen molar-refractivity contribution in [2.24, 2.45) is 16.9 Å². The molecule has 4 rings (SSSR count). The second kappa shape index (κ2) is 4.85. The van der Waals surface area contributed by atoms with Gasteiger partial charge in [0.15, 0.2) is 0 Å². The number of amides is 1. The first-order chi connectivity index (χ1) is 10.3. The van der Waals surface area contributed by atoms with Crippen molar-refractivity contribution in [2.75, 3.05) is 0 Å². The largest absolute Gasteiger partial charge is 0.271 e. The second-order valence-corrected chi connectivity index (χ2v) is 5.71. The fourth-order valence-corrected chi connectivity index (χ4v) is 3.27. The third-order valence-electron chi connectivity index (χ3n) is 4.50. The first-order valence-electron chi connectivity index (χ1n) is 7.34. The summed E-state index contributed by atoms with van der Waals surface area (Å²) in [5.74, 6) is 1.05. The lowest BCUT2D eigenvalue weighted by molar-refractivity contribution is 0.0955. The summed E-state index contributed by atoms with van der Waals surface area (Å²) in [4.78, 5) is 12.4. The van der Waals surface area contributed by atoms with Crippen LogP contribution in [0.5, 0.6) is 0 Å². The maximum Gasteiger partial charge on any atom is 0.271 e. The summed E-state index contributed by atoms with van der Waals surface area (Å²) in [6.07, 6.45) is 6.52. The standard InChI is InChI=1S/C18H16N2O/c21-18(20-19-17-11-13-7-4-9-15(13)17)16-10-3-6-12-5-1-2-8-14(12)16/h1-8,10,13,15H,9,11H2,(H,20,21)/b19-17+/t13-,15+/m0/s1. The van der Waals surface area contributed by atoms with Gasteiger partial charge in [0.25, 0.3) is 5.91 Å². The summed E-state index contributed by atoms with van der Waals surface area (Å²) in [6.45, 7) is 0. The molecule has 2 atom stereocenters. The van der Waals surface area contributed by atoms with E-state index in [9.17, 15) is 4.79 Å². The molecule has 1 amide bonds. The monoisotopic (exact) mass is 276 g/mol. The molecular formula is C18H16N2O. The highest BCUT2D eigenvalue weighted by molar-refractivity contribution is 6.07. The smallest absolute Gasteiger partial charge is 0.267 e. The number of benzene rings is 2. The molecule has 0 heterocycles. The second-order valence-electron chi connectivity index (χ2n) is 5.71. The van der Waals surface area contributed by atoms with Crippen LogP contribution < -0.4 is 5.43 Å². The average molecular weight is 276 g/mol. The predicted molar refractivity (Wildman–Crippen MR) is 84.2 cm³/mol. The first-order valence-corrected chi connectivity index (χ1v) is 7.34. The number of hydrogen-bond acceptors (Lipinski definition) is 2. The molecule has 104 valence electrons. The molecule has 3 heteroatoms. The van der Waals surface area contributed by atoms with Crippen LogP contribution >= 0.6 is 0 Å². The Morgan fingerprint density at radius 2 is 2.00 bits per heavy atom. The highest BCUT2D eigenvalue weighted by atomic mass is 16.2. The average Bonchev–Trinajstić information content (AvgIpc) is 2.88. The zero-order valence-electron chi connectivity index (χ0n) is 11.6. The van der Waals surface area contributed by atoms with Crippen LogP contribution in [0.15, 0.2) is 59.7 Å². The molecule has 1 saturated carbocycles. The molecule has 3 nitrogen and oxygen atoms in total. The molecule has 0 unspecified atom stereocenters. The number of hydrazone groups is 1. The Kier molecular flexibility index (Phi) is 2.85. The third-order valence-corrected chi connectivity index (χ3v) is 4.50. The van der Waals surface area contributed by atoms with Gasteiger partial charge in [-0.05, 0) is 35.6 Å². The van der Waals surface area contributed by atoms with E-state index in [0.717, 1.165) is 29.3 Å². The molecule has 2 aliphatic carbocycles. The van der Waals surface area contributed by atoms with E-state index in [1.807, 2.05) is 42.5 Å². The van der Waals surface area contributed by atoms with Crippen molar-refractivity contribution in [1.29, 1.82) is 0 Å². The lowest BCUT2D eigenvalue weighted by Gasteiger charge is -2.31. The van der Waals surface area contributed by atoms with Gasteiger partial charge in [0.1, 0.15) is 0 Å². The quantitative estimate of drug-likeness (QED) is 0.661. The minimum atomic E-state index is -0.131. The van der Waals surface area contributed by atoms with E-state index >= 15 is 0 Å². The van der Waals surface area contributed by atoms with E-state index in [0.29, 0.717) is 17.4 Å². The van der Waals surface area contributed by atoms with E-state index in [1.165, 1.54) is 0 Å². The van der Waals surface area contributed by atoms with E-state index in [-0.39, 0.29) is 5.91 Å². The number of rotatable bonds is 2. The molecule has 0 bridgehead atoms. The Balaban J connectivity index is 1.56. The van der Waals surface area contributed by atoms with Crippen LogP contribution in [0.25, 0.3) is 10.8 Å². The molecule has 21 heavy (non-hydrogen) atoms. The molecule has 2 aromatic rings. The number of fused-ring (bicyclic) bond motifs is 2. The zero-order valence-corrected chi connectivity index (χ0v) is 11.6. The molecule has 1 N–H and O–H groups in total. The Hall–Kier alpha value is -2.42. The molecule has 0 saturated heterocycles. The van der Waals surface area contributed by atoms with Crippen molar-refractivity contribution in [3.8, 4) is 0 Å². The van der Waals surface area contributed by atoms with Gasteiger partial charge in [0, 0.05) is 17.2 Å². The molecule has 2 aliphatic rings. The minimum Gasteiger partial charge on any atom is -0.267 e. The van der Waals surface area contributed by atoms with Crippen LogP contribution in [0, 0.1) is 11.8 Å². The zero-order chi connectivity index (χ0) is 14.2. The van der Waals surface area contributed by atoms with Gasteiger partial charge in [-0.25, -0.2) is 5.43 Å². The summed E-state index contributed by atoms with van der Waals surface area (Å²) >= 11 is 0. The Bertz CT molecular complexity index is 770. The van der Waals surface area contributed by atoms with Crippen LogP contribution in [0.4, 0.5) is 0 Å². The van der Waals surface area contributed by atoms with Crippen molar-refractivity contribution >= 4 is 22.4 Å². The van der Waals surface area contributed by atoms with Crippen LogP contribution in [-0.4, -0.2) is 11.6 Å². The SMILES string of the molecule is O=C(N/N=C1\C[C@@H]2C=CC[C@@H]12)c1cccc2ccccc12. The summed E-state index contributed by atoms with van der Waals surface area (Å²) in [5, 5.41) is 6.37. The number of hydrogen-bond donors (Lipinski definition) is 1. The molecule has 2 aromatic carbocycles. The van der Waals surface area contributed by atoms with E-state index in [4.69, 9.17) is 0 Å². The number of carbonyl (C=O) groups is 1. The number of carbonyl (C=O) groups excluding carboxylic acids is 1. The number of nitrogens with one attached hydrogen (secondary N) is 1. The van der Waals surface area contributed by atoms with E-state index in [2.05, 4.69) is 22.7 Å². The Morgan fingerprint density at radius 1 is 1.14 bits per heavy atom. The highest BCUT2D eigenvalue weighted by Gasteiger charge is 2.38. The van der Waals surface area contributed by atoms with Gasteiger partial charge >= 0.3 is 0 Å². The molecular weight excluding hydrogens is 260 g/mol. The first kappa shape index (κ1) is 12.3. The van der Waals surface area contributed by atoms with Crippen LogP contribution in [0.1, 0.15) is 23.2 Å². The summed E-state index contributed by atoms with van der Waals surface area (Å²) in [6, 6.07) is 13.7. The van der Waals surface area contributed by atoms with Gasteiger partial charge in [-0.3, -0.25) is 4.79 Å². The van der Waals surface area contributed by atoms with Crippen molar-refractivity contribution in [2.45, 2.75) is 12.8 Å². The Labute approximate surface area is 123 Å². The summed E-state index contributed by atoms with van der Waals surface area (Å²) in [7, 11) is 0. The normalized spacial score (nSPS) is 24.9. The number of allylic oxidation sites excluding steroid dienone is 2. The van der Waals surface area contributed by atoms with Gasteiger partial charge in [0.2, 0.25) is 0 Å². The topological polar surface area (TPSA) is 41.5 Å². The maximum atomic E-state index is 12.4. The fraction of sp³-hybridized carbons (Fsp3) is 0.222. The van der Waals surface area contributed by atoms with Crippen LogP contribution in [0.3, 0.4) is 0 Å². The lowest BCUT2D eigenvalue weighted by atomic mass is 9.74. The van der Waals surface area contributed by atoms with Gasteiger partial charge in [-0.15, -0.1) is 0 Å². The van der Waals surface area contributed by atoms with Crippen molar-refractivity contribution in [3.63, 3.8) is 0 Å². The van der Waals surface area contributed by atoms with Crippen LogP contribution in [0.2, 0.25) is 0 Å². The van der Waals surface area contributed by atoms with Crippen LogP contribution in [-0.2, 0) is 0 Å². The maximum absolute atomic E-state index is 12.4. The van der Waals surface area contributed by atoms with Gasteiger partial charge < -0.3 is 0 Å². The summed E-state index contributed by atoms with van der Waals surface area (Å²) < 4.78 is 0. The van der Waals surface area contributed by atoms with Crippen molar-refractivity contribution in [3.05, 3.63) is 60.2 Å². The van der Waals surface area contributed by atoms with Gasteiger partial charge in [-0.2, -0.15) is 5.10 Å². The third kappa shape index (κ3) is 2.05.